The minimum absolute atomic E-state index is 0.0104. The Bertz CT molecular complexity index is 1360. The topological polar surface area (TPSA) is 186 Å². The number of hydrogen-bond donors (Lipinski definition) is 5. The Hall–Kier alpha value is -3.74. The van der Waals surface area contributed by atoms with Gasteiger partial charge in [0.2, 0.25) is 5.78 Å². The van der Waals surface area contributed by atoms with E-state index >= 15 is 0 Å². The predicted molar refractivity (Wildman–Crippen MR) is 145 cm³/mol. The van der Waals surface area contributed by atoms with E-state index < -0.39 is 58.0 Å². The second-order valence-corrected chi connectivity index (χ2v) is 11.0. The molecule has 6 N–H and O–H groups in total. The maximum absolute atomic E-state index is 13.9. The number of aromatic hydroxyl groups is 1. The summed E-state index contributed by atoms with van der Waals surface area (Å²) in [6.07, 6.45) is 0.674. The number of likely N-dealkylation sites (N-methyl/N-ethyl adjacent to an activating group) is 1. The summed E-state index contributed by atoms with van der Waals surface area (Å²) in [7, 11) is 7.00. The van der Waals surface area contributed by atoms with E-state index in [0.717, 1.165) is 0 Å². The number of ketones is 2. The third-order valence-electron chi connectivity index (χ3n) is 8.02. The minimum atomic E-state index is -2.68. The number of oxime groups is 1. The molecule has 1 aromatic carbocycles. The standard InChI is InChI=1S/C28H36N4O8/c1-6-40-30-17(9-10-31(2)3)14-7-8-18(33)20-15(14)11-13-12-16-22(32(4)5)24(35)21(27(29)38)26(37)28(16,39)25(36)19(13)23(20)34/h7-8,13,16,22,33,35-36,39H,6,9-12H2,1-5H3,(H2,29,38)/b30-17+/t13-,16-,22+,28-/m0/s1. The number of fused-ring (bicyclic) bond motifs is 3. The van der Waals surface area contributed by atoms with Gasteiger partial charge in [0.25, 0.3) is 5.91 Å². The summed E-state index contributed by atoms with van der Waals surface area (Å²) < 4.78 is 0. The number of phenolic OH excluding ortho intramolecular Hbond substituents is 1. The molecule has 0 radical (unpaired) electrons. The van der Waals surface area contributed by atoms with Crippen molar-refractivity contribution in [1.82, 2.24) is 9.80 Å². The van der Waals surface area contributed by atoms with E-state index in [-0.39, 0.29) is 29.7 Å². The van der Waals surface area contributed by atoms with Crippen LogP contribution in [0.3, 0.4) is 0 Å². The molecular weight excluding hydrogens is 520 g/mol. The number of Topliss-reactive ketones (excluding diaryl/α,β-unsaturated/α-hetero) is 2. The van der Waals surface area contributed by atoms with Crippen molar-refractivity contribution >= 4 is 23.2 Å². The molecule has 3 aliphatic rings. The number of primary amides is 1. The van der Waals surface area contributed by atoms with E-state index in [1.165, 1.54) is 11.0 Å². The van der Waals surface area contributed by atoms with Crippen LogP contribution in [0.15, 0.2) is 40.0 Å². The summed E-state index contributed by atoms with van der Waals surface area (Å²) in [5, 5.41) is 49.1. The van der Waals surface area contributed by atoms with Crippen LogP contribution < -0.4 is 5.73 Å². The zero-order valence-corrected chi connectivity index (χ0v) is 23.3. The zero-order valence-electron chi connectivity index (χ0n) is 23.3. The first-order chi connectivity index (χ1) is 18.8. The smallest absolute Gasteiger partial charge is 0.255 e. The summed E-state index contributed by atoms with van der Waals surface area (Å²) in [5.41, 5.74) is 3.29. The highest BCUT2D eigenvalue weighted by Gasteiger charge is 2.63. The van der Waals surface area contributed by atoms with Crippen LogP contribution in [0, 0.1) is 11.8 Å². The van der Waals surface area contributed by atoms with Gasteiger partial charge >= 0.3 is 0 Å². The van der Waals surface area contributed by atoms with Gasteiger partial charge in [-0.15, -0.1) is 0 Å². The molecule has 0 fully saturated rings. The van der Waals surface area contributed by atoms with E-state index in [0.29, 0.717) is 36.4 Å². The van der Waals surface area contributed by atoms with Crippen LogP contribution in [-0.2, 0) is 20.8 Å². The Kier molecular flexibility index (Phi) is 7.81. The molecule has 12 heteroatoms. The van der Waals surface area contributed by atoms with Crippen LogP contribution in [-0.4, -0.2) is 106 Å². The van der Waals surface area contributed by atoms with Crippen LogP contribution >= 0.6 is 0 Å². The molecule has 0 spiro atoms. The quantitative estimate of drug-likeness (QED) is 0.174. The largest absolute Gasteiger partial charge is 0.510 e. The monoisotopic (exact) mass is 556 g/mol. The fraction of sp³-hybridized carbons (Fsp3) is 0.500. The first-order valence-electron chi connectivity index (χ1n) is 13.1. The molecule has 216 valence electrons. The SMILES string of the molecule is CCO/N=C(\CCN(C)C)c1ccc(O)c2c1C[C@H]1C[C@H]3[C@@H](N(C)C)C(O)=C(C(N)=O)C(=O)[C@@]3(O)C(O)=C1C2=O. The lowest BCUT2D eigenvalue weighted by molar-refractivity contribution is -0.148. The van der Waals surface area contributed by atoms with Gasteiger partial charge in [-0.05, 0) is 71.6 Å². The molecule has 0 heterocycles. The molecule has 0 unspecified atom stereocenters. The van der Waals surface area contributed by atoms with Gasteiger partial charge in [-0.3, -0.25) is 19.3 Å². The number of rotatable bonds is 8. The summed E-state index contributed by atoms with van der Waals surface area (Å²) >= 11 is 0. The third-order valence-corrected chi connectivity index (χ3v) is 8.02. The number of carbonyl (C=O) groups excluding carboxylic acids is 3. The van der Waals surface area contributed by atoms with Gasteiger partial charge in [0.1, 0.15) is 29.4 Å². The Labute approximate surface area is 232 Å². The average Bonchev–Trinajstić information content (AvgIpc) is 2.86. The fourth-order valence-electron chi connectivity index (χ4n) is 6.22. The predicted octanol–water partition coefficient (Wildman–Crippen LogP) is 0.813. The molecule has 0 aliphatic heterocycles. The fourth-order valence-corrected chi connectivity index (χ4v) is 6.22. The third kappa shape index (κ3) is 4.45. The van der Waals surface area contributed by atoms with E-state index in [1.807, 2.05) is 19.0 Å². The maximum atomic E-state index is 13.9. The lowest BCUT2D eigenvalue weighted by atomic mass is 9.58. The molecule has 40 heavy (non-hydrogen) atoms. The molecule has 12 nitrogen and oxygen atoms in total. The van der Waals surface area contributed by atoms with Crippen molar-refractivity contribution in [2.24, 2.45) is 22.7 Å². The van der Waals surface area contributed by atoms with Crippen molar-refractivity contribution < 1.29 is 39.6 Å². The molecule has 3 aliphatic carbocycles. The number of allylic oxidation sites excluding steroid dienone is 1. The molecule has 0 bridgehead atoms. The number of phenols is 1. The number of carbonyl (C=O) groups is 3. The van der Waals surface area contributed by atoms with Crippen molar-refractivity contribution in [3.8, 4) is 5.75 Å². The van der Waals surface area contributed by atoms with E-state index in [1.54, 1.807) is 27.1 Å². The zero-order chi connectivity index (χ0) is 29.7. The van der Waals surface area contributed by atoms with Crippen LogP contribution in [0.25, 0.3) is 0 Å². The first-order valence-corrected chi connectivity index (χ1v) is 13.1. The van der Waals surface area contributed by atoms with E-state index in [4.69, 9.17) is 10.6 Å². The Morgan fingerprint density at radius 1 is 1.18 bits per heavy atom. The lowest BCUT2D eigenvalue weighted by Crippen LogP contribution is -2.63. The summed E-state index contributed by atoms with van der Waals surface area (Å²) in [5.74, 6) is -6.86. The average molecular weight is 557 g/mol. The minimum Gasteiger partial charge on any atom is -0.510 e. The second kappa shape index (κ2) is 10.7. The number of aliphatic hydroxyl groups is 3. The number of benzene rings is 1. The van der Waals surface area contributed by atoms with Crippen LogP contribution in [0.1, 0.15) is 41.3 Å². The van der Waals surface area contributed by atoms with Gasteiger partial charge in [-0.2, -0.15) is 0 Å². The first kappa shape index (κ1) is 29.2. The van der Waals surface area contributed by atoms with Crippen molar-refractivity contribution in [2.75, 3.05) is 41.3 Å². The Morgan fingerprint density at radius 2 is 1.85 bits per heavy atom. The van der Waals surface area contributed by atoms with Crippen LogP contribution in [0.2, 0.25) is 0 Å². The maximum Gasteiger partial charge on any atom is 0.255 e. The molecule has 1 aromatic rings. The number of amides is 1. The van der Waals surface area contributed by atoms with Crippen molar-refractivity contribution in [3.05, 3.63) is 51.5 Å². The van der Waals surface area contributed by atoms with Gasteiger partial charge in [-0.25, -0.2) is 0 Å². The second-order valence-electron chi connectivity index (χ2n) is 11.0. The molecule has 1 amide bonds. The van der Waals surface area contributed by atoms with Gasteiger partial charge in [0.15, 0.2) is 11.4 Å². The summed E-state index contributed by atoms with van der Waals surface area (Å²) in [4.78, 5) is 48.3. The molecule has 0 saturated heterocycles. The highest BCUT2D eigenvalue weighted by atomic mass is 16.6. The molecular formula is C28H36N4O8. The van der Waals surface area contributed by atoms with Gasteiger partial charge in [0.05, 0.1) is 17.3 Å². The van der Waals surface area contributed by atoms with Crippen molar-refractivity contribution in [1.29, 1.82) is 0 Å². The summed E-state index contributed by atoms with van der Waals surface area (Å²) in [6, 6.07) is 1.98. The van der Waals surface area contributed by atoms with E-state index in [2.05, 4.69) is 5.16 Å². The van der Waals surface area contributed by atoms with Crippen LogP contribution in [0.4, 0.5) is 0 Å². The van der Waals surface area contributed by atoms with Crippen molar-refractivity contribution in [2.45, 2.75) is 37.8 Å². The highest BCUT2D eigenvalue weighted by molar-refractivity contribution is 6.25. The lowest BCUT2D eigenvalue weighted by Gasteiger charge is -2.50. The van der Waals surface area contributed by atoms with Gasteiger partial charge in [-0.1, -0.05) is 5.16 Å². The normalized spacial score (nSPS) is 26.7. The molecule has 0 saturated carbocycles. The summed E-state index contributed by atoms with van der Waals surface area (Å²) in [6.45, 7) is 2.77. The Balaban J connectivity index is 1.91. The van der Waals surface area contributed by atoms with Gasteiger partial charge in [0, 0.05) is 30.0 Å². The van der Waals surface area contributed by atoms with Crippen molar-refractivity contribution in [3.63, 3.8) is 0 Å². The number of nitrogens with zero attached hydrogens (tertiary/aromatic N) is 3. The van der Waals surface area contributed by atoms with Crippen LogP contribution in [0.5, 0.6) is 5.75 Å². The number of hydrogen-bond acceptors (Lipinski definition) is 11. The van der Waals surface area contributed by atoms with E-state index in [9.17, 15) is 34.8 Å². The number of aliphatic hydroxyl groups excluding tert-OH is 2. The highest BCUT2D eigenvalue weighted by Crippen LogP contribution is 2.52. The molecule has 4 atom stereocenters. The molecule has 0 aromatic heterocycles. The Morgan fingerprint density at radius 3 is 2.42 bits per heavy atom. The molecule has 4 rings (SSSR count). The van der Waals surface area contributed by atoms with Gasteiger partial charge < -0.3 is 35.9 Å². The number of nitrogens with two attached hydrogens (primary N) is 1.